The number of benzene rings is 2. The lowest BCUT2D eigenvalue weighted by Crippen LogP contribution is -2.26. The summed E-state index contributed by atoms with van der Waals surface area (Å²) in [5.41, 5.74) is 1.43. The minimum absolute atomic E-state index is 0.143. The Kier molecular flexibility index (Phi) is 5.28. The molecule has 22 heavy (non-hydrogen) atoms. The summed E-state index contributed by atoms with van der Waals surface area (Å²) in [7, 11) is 4.84. The summed E-state index contributed by atoms with van der Waals surface area (Å²) >= 11 is 5.97. The van der Waals surface area contributed by atoms with Gasteiger partial charge >= 0.3 is 0 Å². The van der Waals surface area contributed by atoms with Gasteiger partial charge in [0.2, 0.25) is 0 Å². The quantitative estimate of drug-likeness (QED) is 0.844. The van der Waals surface area contributed by atoms with E-state index in [1.807, 2.05) is 18.2 Å². The van der Waals surface area contributed by atoms with Crippen molar-refractivity contribution in [3.63, 3.8) is 0 Å². The smallest absolute Gasteiger partial charge is 0.257 e. The first kappa shape index (κ1) is 16.2. The van der Waals surface area contributed by atoms with E-state index in [0.29, 0.717) is 28.6 Å². The summed E-state index contributed by atoms with van der Waals surface area (Å²) in [6.07, 6.45) is 0. The molecule has 2 aromatic carbocycles. The third-order valence-electron chi connectivity index (χ3n) is 3.29. The van der Waals surface area contributed by atoms with Gasteiger partial charge in [0.1, 0.15) is 11.5 Å². The average Bonchev–Trinajstić information content (AvgIpc) is 2.53. The van der Waals surface area contributed by atoms with Crippen molar-refractivity contribution < 1.29 is 14.3 Å². The minimum atomic E-state index is -0.143. The van der Waals surface area contributed by atoms with Gasteiger partial charge < -0.3 is 14.4 Å². The maximum absolute atomic E-state index is 12.6. The Morgan fingerprint density at radius 1 is 1.14 bits per heavy atom. The van der Waals surface area contributed by atoms with Crippen LogP contribution < -0.4 is 9.47 Å². The molecule has 0 aliphatic carbocycles. The SMILES string of the molecule is COc1ccc(OC)c(C(=O)N(C)Cc2cccc(Cl)c2)c1. The molecule has 0 saturated heterocycles. The van der Waals surface area contributed by atoms with Crippen LogP contribution in [-0.4, -0.2) is 32.1 Å². The second-order valence-electron chi connectivity index (χ2n) is 4.86. The molecule has 0 unspecified atom stereocenters. The summed E-state index contributed by atoms with van der Waals surface area (Å²) < 4.78 is 10.4. The molecule has 0 fully saturated rings. The first-order chi connectivity index (χ1) is 10.5. The Labute approximate surface area is 135 Å². The first-order valence-electron chi connectivity index (χ1n) is 6.77. The Morgan fingerprint density at radius 2 is 1.91 bits per heavy atom. The van der Waals surface area contributed by atoms with E-state index in [2.05, 4.69) is 0 Å². The summed E-state index contributed by atoms with van der Waals surface area (Å²) in [6.45, 7) is 0.458. The van der Waals surface area contributed by atoms with Crippen molar-refractivity contribution in [2.24, 2.45) is 0 Å². The van der Waals surface area contributed by atoms with E-state index >= 15 is 0 Å². The number of nitrogens with zero attached hydrogens (tertiary/aromatic N) is 1. The average molecular weight is 320 g/mol. The van der Waals surface area contributed by atoms with Crippen molar-refractivity contribution in [2.75, 3.05) is 21.3 Å². The largest absolute Gasteiger partial charge is 0.497 e. The van der Waals surface area contributed by atoms with E-state index in [9.17, 15) is 4.79 Å². The number of carbonyl (C=O) groups is 1. The highest BCUT2D eigenvalue weighted by Gasteiger charge is 2.18. The number of amides is 1. The van der Waals surface area contributed by atoms with Gasteiger partial charge in [0.15, 0.2) is 0 Å². The first-order valence-corrected chi connectivity index (χ1v) is 7.15. The monoisotopic (exact) mass is 319 g/mol. The molecule has 4 nitrogen and oxygen atoms in total. The molecule has 0 N–H and O–H groups in total. The van der Waals surface area contributed by atoms with Crippen LogP contribution in [0.3, 0.4) is 0 Å². The molecule has 1 amide bonds. The molecule has 2 rings (SSSR count). The highest BCUT2D eigenvalue weighted by atomic mass is 35.5. The molecule has 0 aromatic heterocycles. The lowest BCUT2D eigenvalue weighted by molar-refractivity contribution is 0.0781. The summed E-state index contributed by atoms with van der Waals surface area (Å²) in [6, 6.07) is 12.6. The molecular formula is C17H18ClNO3. The molecule has 0 radical (unpaired) electrons. The van der Waals surface area contributed by atoms with Crippen molar-refractivity contribution in [1.29, 1.82) is 0 Å². The fourth-order valence-electron chi connectivity index (χ4n) is 2.17. The third-order valence-corrected chi connectivity index (χ3v) is 3.53. The lowest BCUT2D eigenvalue weighted by atomic mass is 10.1. The van der Waals surface area contributed by atoms with Crippen LogP contribution in [0, 0.1) is 0 Å². The van der Waals surface area contributed by atoms with E-state index in [1.54, 1.807) is 43.3 Å². The van der Waals surface area contributed by atoms with Crippen molar-refractivity contribution >= 4 is 17.5 Å². The second kappa shape index (κ2) is 7.18. The Morgan fingerprint density at radius 3 is 2.55 bits per heavy atom. The molecule has 0 aliphatic rings. The van der Waals surface area contributed by atoms with Crippen LogP contribution in [0.25, 0.3) is 0 Å². The molecular weight excluding hydrogens is 302 g/mol. The molecule has 2 aromatic rings. The zero-order valence-electron chi connectivity index (χ0n) is 12.8. The topological polar surface area (TPSA) is 38.8 Å². The summed E-state index contributed by atoms with van der Waals surface area (Å²) in [4.78, 5) is 14.3. The van der Waals surface area contributed by atoms with Gasteiger partial charge in [-0.2, -0.15) is 0 Å². The zero-order chi connectivity index (χ0) is 16.1. The van der Waals surface area contributed by atoms with E-state index in [-0.39, 0.29) is 5.91 Å². The molecule has 5 heteroatoms. The van der Waals surface area contributed by atoms with Crippen LogP contribution in [0.2, 0.25) is 5.02 Å². The second-order valence-corrected chi connectivity index (χ2v) is 5.29. The number of hydrogen-bond donors (Lipinski definition) is 0. The zero-order valence-corrected chi connectivity index (χ0v) is 13.6. The molecule has 116 valence electrons. The maximum Gasteiger partial charge on any atom is 0.257 e. The van der Waals surface area contributed by atoms with Gasteiger partial charge in [-0.15, -0.1) is 0 Å². The summed E-state index contributed by atoms with van der Waals surface area (Å²) in [5.74, 6) is 0.986. The van der Waals surface area contributed by atoms with Gasteiger partial charge in [0.25, 0.3) is 5.91 Å². The van der Waals surface area contributed by atoms with E-state index in [1.165, 1.54) is 7.11 Å². The number of hydrogen-bond acceptors (Lipinski definition) is 3. The van der Waals surface area contributed by atoms with Crippen molar-refractivity contribution in [3.8, 4) is 11.5 Å². The van der Waals surface area contributed by atoms with Crippen LogP contribution in [-0.2, 0) is 6.54 Å². The van der Waals surface area contributed by atoms with E-state index in [4.69, 9.17) is 21.1 Å². The number of halogens is 1. The molecule has 0 spiro atoms. The molecule has 0 aliphatic heterocycles. The predicted molar refractivity (Wildman–Crippen MR) is 86.8 cm³/mol. The van der Waals surface area contributed by atoms with Crippen molar-refractivity contribution in [3.05, 3.63) is 58.6 Å². The number of rotatable bonds is 5. The van der Waals surface area contributed by atoms with Crippen LogP contribution >= 0.6 is 11.6 Å². The maximum atomic E-state index is 12.6. The van der Waals surface area contributed by atoms with Crippen LogP contribution in [0.1, 0.15) is 15.9 Å². The third kappa shape index (κ3) is 3.71. The Bertz CT molecular complexity index is 673. The number of carbonyl (C=O) groups excluding carboxylic acids is 1. The fraction of sp³-hybridized carbons (Fsp3) is 0.235. The Balaban J connectivity index is 2.23. The number of ether oxygens (including phenoxy) is 2. The van der Waals surface area contributed by atoms with Crippen molar-refractivity contribution in [2.45, 2.75) is 6.54 Å². The molecule has 0 heterocycles. The molecule has 0 bridgehead atoms. The van der Waals surface area contributed by atoms with Gasteiger partial charge in [-0.05, 0) is 35.9 Å². The van der Waals surface area contributed by atoms with E-state index < -0.39 is 0 Å². The van der Waals surface area contributed by atoms with Gasteiger partial charge in [0, 0.05) is 18.6 Å². The predicted octanol–water partition coefficient (Wildman–Crippen LogP) is 3.63. The van der Waals surface area contributed by atoms with Gasteiger partial charge in [-0.3, -0.25) is 4.79 Å². The number of methoxy groups -OCH3 is 2. The van der Waals surface area contributed by atoms with Gasteiger partial charge in [-0.25, -0.2) is 0 Å². The molecule has 0 atom stereocenters. The standard InChI is InChI=1S/C17H18ClNO3/c1-19(11-12-5-4-6-13(18)9-12)17(20)15-10-14(21-2)7-8-16(15)22-3/h4-10H,11H2,1-3H3. The van der Waals surface area contributed by atoms with E-state index in [0.717, 1.165) is 5.56 Å². The van der Waals surface area contributed by atoms with Gasteiger partial charge in [-0.1, -0.05) is 23.7 Å². The van der Waals surface area contributed by atoms with Crippen LogP contribution in [0.4, 0.5) is 0 Å². The molecule has 0 saturated carbocycles. The lowest BCUT2D eigenvalue weighted by Gasteiger charge is -2.19. The van der Waals surface area contributed by atoms with Crippen LogP contribution in [0.15, 0.2) is 42.5 Å². The highest BCUT2D eigenvalue weighted by Crippen LogP contribution is 2.25. The normalized spacial score (nSPS) is 10.2. The van der Waals surface area contributed by atoms with Gasteiger partial charge in [0.05, 0.1) is 19.8 Å². The summed E-state index contributed by atoms with van der Waals surface area (Å²) in [5, 5.41) is 0.650. The van der Waals surface area contributed by atoms with Crippen molar-refractivity contribution in [1.82, 2.24) is 4.90 Å². The minimum Gasteiger partial charge on any atom is -0.497 e. The van der Waals surface area contributed by atoms with Crippen LogP contribution in [0.5, 0.6) is 11.5 Å². The highest BCUT2D eigenvalue weighted by molar-refractivity contribution is 6.30. The fourth-order valence-corrected chi connectivity index (χ4v) is 2.38. The Hall–Kier alpha value is -2.20.